The Hall–Kier alpha value is -4.58. The second kappa shape index (κ2) is 34.4. The Balaban J connectivity index is 0.000000241. The fraction of sp³-hybridized carbons (Fsp3) is 0.532. The first-order valence-electron chi connectivity index (χ1n) is 33.0. The van der Waals surface area contributed by atoms with Crippen LogP contribution < -0.4 is 27.3 Å². The van der Waals surface area contributed by atoms with E-state index in [0.717, 1.165) is 59.7 Å². The molecule has 92 heavy (non-hydrogen) atoms. The number of rotatable bonds is 11. The molecule has 5 radical (unpaired) electrons. The first-order chi connectivity index (χ1) is 42.2. The number of esters is 1. The van der Waals surface area contributed by atoms with E-state index in [1.165, 1.54) is 125 Å². The van der Waals surface area contributed by atoms with Gasteiger partial charge in [-0.05, 0) is 128 Å². The molecule has 0 bridgehead atoms. The predicted molar refractivity (Wildman–Crippen MR) is 386 cm³/mol. The van der Waals surface area contributed by atoms with E-state index in [1.807, 2.05) is 45.0 Å². The summed E-state index contributed by atoms with van der Waals surface area (Å²) in [5.74, 6) is -0.277. The number of carbonyl (C=O) groups excluding carboxylic acids is 3. The Morgan fingerprint density at radius 3 is 1.14 bits per heavy atom. The molecule has 5 aromatic carbocycles. The van der Waals surface area contributed by atoms with Crippen molar-refractivity contribution in [1.82, 2.24) is 5.06 Å². The van der Waals surface area contributed by atoms with Crippen LogP contribution in [-0.2, 0) is 55.8 Å². The van der Waals surface area contributed by atoms with E-state index < -0.39 is 11.9 Å². The summed E-state index contributed by atoms with van der Waals surface area (Å²) in [6, 6.07) is 32.1. The van der Waals surface area contributed by atoms with Gasteiger partial charge in [-0.2, -0.15) is 0 Å². The maximum absolute atomic E-state index is 12.1. The summed E-state index contributed by atoms with van der Waals surface area (Å²) < 4.78 is 4.11. The first kappa shape index (κ1) is 79.9. The molecule has 5 aromatic rings. The molecule has 0 spiro atoms. The number of aliphatic hydroxyl groups excluding tert-OH is 1. The number of hydrogen-bond donors (Lipinski definition) is 2. The van der Waals surface area contributed by atoms with Gasteiger partial charge in [-0.25, -0.2) is 5.06 Å². The van der Waals surface area contributed by atoms with Gasteiger partial charge >= 0.3 is 11.9 Å². The standard InChI is InChI=1S/C20H28B.C15H21BNO2.C13H16BO2.C13H16BO.C12H16BO.C3H6O2.CH4.Ar/c1-15(9-10-16-7-5-4-6-8-16)17-11-12-19-18(13-17)20(2,3)14-21-19;1-10(14(18)17(4)19-5)11-6-7-13-12(8-11)15(2,3)9-16-13;1-8(12(15)16)9-4-5-11-10(6-9)13(2,3)7-14-11;1-9(7-15)10-4-5-12-11(6-10)13(2,3)8-14-12;1-8(14)9-4-5-11-10(6-9)12(2,3)7-13-11;1-3(4)5-2;;/h9-13,15-16H,4-8,14H2,1-3H3;6-8,10H,9H2,1-5H3;4-6,8H,7H2,1-3H3,(H,15,16);4-7,9H,8H2,1-3H3;4-6,8,14H,7H2,1-3H3;1-2H3;1H4;/b10-9+;;;;;;;. The van der Waals surface area contributed by atoms with E-state index in [-0.39, 0.29) is 96.6 Å². The number of hydroxylamine groups is 2. The molecule has 9 nitrogen and oxygen atoms in total. The number of benzene rings is 5. The molecule has 1 amide bonds. The monoisotopic (exact) mass is 1270 g/mol. The fourth-order valence-corrected chi connectivity index (χ4v) is 12.9. The quantitative estimate of drug-likeness (QED) is 0.0440. The van der Waals surface area contributed by atoms with Gasteiger partial charge in [-0.15, -0.1) is 0 Å². The van der Waals surface area contributed by atoms with Crippen molar-refractivity contribution in [3.05, 3.63) is 159 Å². The molecule has 5 unspecified atom stereocenters. The zero-order valence-corrected chi connectivity index (χ0v) is 59.2. The van der Waals surface area contributed by atoms with Crippen LogP contribution in [-0.4, -0.2) is 97.1 Å². The van der Waals surface area contributed by atoms with Gasteiger partial charge in [0.05, 0.1) is 32.2 Å². The molecule has 5 heterocycles. The Labute approximate surface area is 589 Å². The number of aliphatic hydroxyl groups is 1. The van der Waals surface area contributed by atoms with Gasteiger partial charge in [0.25, 0.3) is 5.91 Å². The van der Waals surface area contributed by atoms with Crippen LogP contribution in [0.4, 0.5) is 0 Å². The number of carboxylic acid groups (broad SMARTS) is 1. The van der Waals surface area contributed by atoms with Crippen molar-refractivity contribution in [3.63, 3.8) is 0 Å². The van der Waals surface area contributed by atoms with Crippen molar-refractivity contribution >= 4 is 87.8 Å². The third kappa shape index (κ3) is 20.7. The summed E-state index contributed by atoms with van der Waals surface area (Å²) in [5, 5.41) is 19.8. The molecule has 0 aromatic heterocycles. The van der Waals surface area contributed by atoms with Crippen LogP contribution in [0.2, 0.25) is 31.6 Å². The van der Waals surface area contributed by atoms with Crippen LogP contribution in [0.5, 0.6) is 0 Å². The topological polar surface area (TPSA) is 130 Å². The Kier molecular flexibility index (Phi) is 29.9. The first-order valence-corrected chi connectivity index (χ1v) is 33.0. The third-order valence-corrected chi connectivity index (χ3v) is 19.9. The van der Waals surface area contributed by atoms with E-state index in [9.17, 15) is 24.3 Å². The number of aldehydes is 1. The van der Waals surface area contributed by atoms with E-state index in [4.69, 9.17) is 9.94 Å². The number of aliphatic carboxylic acids is 1. The van der Waals surface area contributed by atoms with E-state index in [2.05, 4.69) is 196 Å². The summed E-state index contributed by atoms with van der Waals surface area (Å²) >= 11 is 0. The van der Waals surface area contributed by atoms with E-state index >= 15 is 0 Å². The average Bonchev–Trinajstić information content (AvgIpc) is 1.66. The van der Waals surface area contributed by atoms with Gasteiger partial charge in [-0.1, -0.05) is 272 Å². The number of methoxy groups -OCH3 is 1. The molecule has 2 N–H and O–H groups in total. The van der Waals surface area contributed by atoms with Crippen molar-refractivity contribution in [2.24, 2.45) is 5.92 Å². The van der Waals surface area contributed by atoms with Crippen molar-refractivity contribution in [2.45, 2.75) is 239 Å². The smallest absolute Gasteiger partial charge is 0.310 e. The van der Waals surface area contributed by atoms with E-state index in [0.29, 0.717) is 11.3 Å². The van der Waals surface area contributed by atoms with Crippen molar-refractivity contribution < 1.29 is 76.7 Å². The summed E-state index contributed by atoms with van der Waals surface area (Å²) in [5.41, 5.74) is 20.3. The minimum absolute atomic E-state index is 0. The molecule has 0 saturated heterocycles. The molecule has 491 valence electrons. The largest absolute Gasteiger partial charge is 0.481 e. The number of amides is 1. The molecule has 15 heteroatoms. The average molecular weight is 1270 g/mol. The predicted octanol–water partition coefficient (Wildman–Crippen LogP) is 13.4. The van der Waals surface area contributed by atoms with Gasteiger partial charge < -0.3 is 19.7 Å². The molecule has 11 rings (SSSR count). The molecule has 5 aliphatic heterocycles. The summed E-state index contributed by atoms with van der Waals surface area (Å²) in [4.78, 5) is 48.4. The van der Waals surface area contributed by atoms with Crippen molar-refractivity contribution in [3.8, 4) is 0 Å². The van der Waals surface area contributed by atoms with Gasteiger partial charge in [0.15, 0.2) is 36.4 Å². The van der Waals surface area contributed by atoms with Gasteiger partial charge in [0.2, 0.25) is 0 Å². The molecule has 6 aliphatic rings. The normalized spacial score (nSPS) is 18.7. The number of nitrogens with zero attached hydrogens (tertiary/aromatic N) is 1. The van der Waals surface area contributed by atoms with Crippen LogP contribution in [0.25, 0.3) is 0 Å². The van der Waals surface area contributed by atoms with Crippen LogP contribution in [0.3, 0.4) is 0 Å². The number of ether oxygens (including phenoxy) is 1. The molecule has 5 atom stereocenters. The molecule has 1 fully saturated rings. The number of carbonyl (C=O) groups is 4. The number of allylic oxidation sites excluding steroid dienone is 2. The minimum atomic E-state index is -0.764. The van der Waals surface area contributed by atoms with Crippen molar-refractivity contribution in [2.75, 3.05) is 21.3 Å². The maximum Gasteiger partial charge on any atom is 0.310 e. The Morgan fingerprint density at radius 2 is 0.826 bits per heavy atom. The van der Waals surface area contributed by atoms with Gasteiger partial charge in [0, 0.05) is 57.6 Å². The number of fused-ring (bicyclic) bond motifs is 5. The molecule has 1 saturated carbocycles. The summed E-state index contributed by atoms with van der Waals surface area (Å²) in [6.07, 6.45) is 18.1. The Morgan fingerprint density at radius 1 is 0.522 bits per heavy atom. The van der Waals surface area contributed by atoms with Gasteiger partial charge in [0.1, 0.15) is 6.29 Å². The molecular weight excluding hydrogens is 1160 g/mol. The summed E-state index contributed by atoms with van der Waals surface area (Å²) in [6.45, 7) is 33.7. The zero-order chi connectivity index (χ0) is 66.7. The second-order valence-corrected chi connectivity index (χ2v) is 29.4. The van der Waals surface area contributed by atoms with Crippen LogP contribution in [0.15, 0.2) is 103 Å². The van der Waals surface area contributed by atoms with Crippen LogP contribution >= 0.6 is 0 Å². The number of hydrogen-bond acceptors (Lipinski definition) is 7. The SMILES string of the molecule is C.CC(/C=C/C1CCCCC1)c1ccc2c(c1)C(C)(C)C[B]2.CC(C(=O)O)c1ccc2c(c1)C(C)(C)C[B]2.CC(C=O)c1ccc2c(c1)C(C)(C)C[B]2.CC(O)c1ccc2c(c1)C(C)(C)C[B]2.COC(C)=O.CON(C)C(=O)C(C)c1ccc2c(c1)C(C)(C)C[B]2.[Ar]. The van der Waals surface area contributed by atoms with Crippen molar-refractivity contribution in [1.29, 1.82) is 0 Å². The third-order valence-electron chi connectivity index (χ3n) is 19.9. The number of likely N-dealkylation sites (N-methyl/N-ethyl adjacent to an activating group) is 1. The zero-order valence-electron chi connectivity index (χ0n) is 58.5. The molecular formula is C77H107ArB5NO8. The molecule has 1 aliphatic carbocycles. The Bertz CT molecular complexity index is 3330. The fourth-order valence-electron chi connectivity index (χ4n) is 12.9. The van der Waals surface area contributed by atoms with E-state index in [1.54, 1.807) is 14.0 Å². The van der Waals surface area contributed by atoms with Crippen LogP contribution in [0.1, 0.15) is 236 Å². The van der Waals surface area contributed by atoms with Crippen LogP contribution in [0, 0.1) is 43.7 Å². The minimum Gasteiger partial charge on any atom is -0.481 e. The maximum atomic E-state index is 12.1. The second-order valence-electron chi connectivity index (χ2n) is 29.4. The number of carboxylic acids is 1. The summed E-state index contributed by atoms with van der Waals surface area (Å²) in [7, 11) is 15.9. The van der Waals surface area contributed by atoms with Gasteiger partial charge in [-0.3, -0.25) is 19.2 Å².